The molecule has 1 fully saturated rings. The average molecular weight is 246 g/mol. The molecule has 0 bridgehead atoms. The lowest BCUT2D eigenvalue weighted by molar-refractivity contribution is -0.125. The minimum absolute atomic E-state index is 0.128. The molecular weight excluding hydrogens is 224 g/mol. The van der Waals surface area contributed by atoms with E-state index in [2.05, 4.69) is 36.6 Å². The van der Waals surface area contributed by atoms with E-state index in [9.17, 15) is 4.79 Å². The van der Waals surface area contributed by atoms with Gasteiger partial charge in [0.05, 0.1) is 5.92 Å². The van der Waals surface area contributed by atoms with Crippen molar-refractivity contribution in [2.24, 2.45) is 5.92 Å². The molecule has 1 saturated heterocycles. The van der Waals surface area contributed by atoms with Gasteiger partial charge in [-0.25, -0.2) is 0 Å². The molecule has 2 rings (SSSR count). The Morgan fingerprint density at radius 2 is 2.17 bits per heavy atom. The molecule has 1 heterocycles. The first-order valence-corrected chi connectivity index (χ1v) is 6.74. The van der Waals surface area contributed by atoms with Gasteiger partial charge in [0.2, 0.25) is 5.91 Å². The molecule has 98 valence electrons. The molecule has 0 aromatic heterocycles. The van der Waals surface area contributed by atoms with Crippen molar-refractivity contribution in [1.82, 2.24) is 10.6 Å². The van der Waals surface area contributed by atoms with Crippen LogP contribution < -0.4 is 10.6 Å². The maximum Gasteiger partial charge on any atom is 0.224 e. The average Bonchev–Trinajstić information content (AvgIpc) is 2.76. The second-order valence-corrected chi connectivity index (χ2v) is 5.24. The van der Waals surface area contributed by atoms with Crippen molar-refractivity contribution in [3.63, 3.8) is 0 Å². The van der Waals surface area contributed by atoms with E-state index in [1.807, 2.05) is 18.2 Å². The fraction of sp³-hybridized carbons (Fsp3) is 0.533. The summed E-state index contributed by atoms with van der Waals surface area (Å²) in [6.45, 7) is 5.10. The zero-order valence-electron chi connectivity index (χ0n) is 11.1. The number of nitrogens with one attached hydrogen (secondary N) is 2. The number of carbonyl (C=O) groups excluding carboxylic acids is 1. The van der Waals surface area contributed by atoms with Crippen LogP contribution in [0.4, 0.5) is 0 Å². The van der Waals surface area contributed by atoms with Crippen molar-refractivity contribution < 1.29 is 4.79 Å². The molecule has 1 aliphatic rings. The van der Waals surface area contributed by atoms with E-state index in [1.165, 1.54) is 5.56 Å². The standard InChI is InChI=1S/C15H22N2O/c1-11(10-13-6-4-3-5-7-13)17-15(18)14-8-9-16-12(14)2/h3-7,11-12,14,16H,8-10H2,1-2H3,(H,17,18). The van der Waals surface area contributed by atoms with E-state index in [0.717, 1.165) is 19.4 Å². The summed E-state index contributed by atoms with van der Waals surface area (Å²) < 4.78 is 0. The Hall–Kier alpha value is -1.35. The first-order valence-electron chi connectivity index (χ1n) is 6.74. The van der Waals surface area contributed by atoms with Gasteiger partial charge in [-0.3, -0.25) is 4.79 Å². The van der Waals surface area contributed by atoms with Crippen molar-refractivity contribution in [2.75, 3.05) is 6.54 Å². The Morgan fingerprint density at radius 1 is 1.44 bits per heavy atom. The topological polar surface area (TPSA) is 41.1 Å². The largest absolute Gasteiger partial charge is 0.353 e. The summed E-state index contributed by atoms with van der Waals surface area (Å²) >= 11 is 0. The van der Waals surface area contributed by atoms with Gasteiger partial charge in [0.15, 0.2) is 0 Å². The summed E-state index contributed by atoms with van der Waals surface area (Å²) in [5.41, 5.74) is 1.27. The monoisotopic (exact) mass is 246 g/mol. The summed E-state index contributed by atoms with van der Waals surface area (Å²) in [6.07, 6.45) is 1.84. The van der Waals surface area contributed by atoms with Crippen molar-refractivity contribution in [3.05, 3.63) is 35.9 Å². The minimum Gasteiger partial charge on any atom is -0.353 e. The zero-order chi connectivity index (χ0) is 13.0. The molecule has 1 aromatic carbocycles. The van der Waals surface area contributed by atoms with Gasteiger partial charge in [-0.2, -0.15) is 0 Å². The Morgan fingerprint density at radius 3 is 2.78 bits per heavy atom. The smallest absolute Gasteiger partial charge is 0.224 e. The first-order chi connectivity index (χ1) is 8.66. The molecule has 0 aliphatic carbocycles. The van der Waals surface area contributed by atoms with Crippen LogP contribution in [0.2, 0.25) is 0 Å². The molecule has 3 atom stereocenters. The summed E-state index contributed by atoms with van der Waals surface area (Å²) in [5, 5.41) is 6.43. The van der Waals surface area contributed by atoms with Crippen LogP contribution in [0.3, 0.4) is 0 Å². The van der Waals surface area contributed by atoms with E-state index in [0.29, 0.717) is 6.04 Å². The normalized spacial score (nSPS) is 24.8. The van der Waals surface area contributed by atoms with Gasteiger partial charge in [-0.1, -0.05) is 30.3 Å². The van der Waals surface area contributed by atoms with Crippen LogP contribution in [0, 0.1) is 5.92 Å². The predicted octanol–water partition coefficient (Wildman–Crippen LogP) is 1.73. The summed E-state index contributed by atoms with van der Waals surface area (Å²) in [6, 6.07) is 10.8. The van der Waals surface area contributed by atoms with E-state index >= 15 is 0 Å². The number of rotatable bonds is 4. The summed E-state index contributed by atoms with van der Waals surface area (Å²) in [5.74, 6) is 0.319. The Kier molecular flexibility index (Phi) is 4.37. The number of hydrogen-bond acceptors (Lipinski definition) is 2. The van der Waals surface area contributed by atoms with Crippen molar-refractivity contribution in [2.45, 2.75) is 38.8 Å². The lowest BCUT2D eigenvalue weighted by Crippen LogP contribution is -2.41. The van der Waals surface area contributed by atoms with E-state index in [4.69, 9.17) is 0 Å². The Labute approximate surface area is 109 Å². The number of hydrogen-bond donors (Lipinski definition) is 2. The van der Waals surface area contributed by atoms with E-state index in [1.54, 1.807) is 0 Å². The molecule has 3 unspecified atom stereocenters. The fourth-order valence-electron chi connectivity index (χ4n) is 2.59. The van der Waals surface area contributed by atoms with Gasteiger partial charge in [0.25, 0.3) is 0 Å². The fourth-order valence-corrected chi connectivity index (χ4v) is 2.59. The van der Waals surface area contributed by atoms with Crippen LogP contribution >= 0.6 is 0 Å². The quantitative estimate of drug-likeness (QED) is 0.849. The molecule has 0 spiro atoms. The van der Waals surface area contributed by atoms with Crippen molar-refractivity contribution >= 4 is 5.91 Å². The van der Waals surface area contributed by atoms with Gasteiger partial charge in [0, 0.05) is 12.1 Å². The van der Waals surface area contributed by atoms with Gasteiger partial charge in [-0.15, -0.1) is 0 Å². The summed E-state index contributed by atoms with van der Waals surface area (Å²) in [7, 11) is 0. The predicted molar refractivity (Wildman–Crippen MR) is 73.3 cm³/mol. The van der Waals surface area contributed by atoms with Crippen LogP contribution in [-0.4, -0.2) is 24.5 Å². The summed E-state index contributed by atoms with van der Waals surface area (Å²) in [4.78, 5) is 12.1. The zero-order valence-corrected chi connectivity index (χ0v) is 11.1. The number of amides is 1. The number of benzene rings is 1. The molecule has 1 amide bonds. The van der Waals surface area contributed by atoms with E-state index < -0.39 is 0 Å². The van der Waals surface area contributed by atoms with Crippen LogP contribution in [0.1, 0.15) is 25.8 Å². The molecule has 0 saturated carbocycles. The first kappa shape index (κ1) is 13.1. The molecule has 3 nitrogen and oxygen atoms in total. The van der Waals surface area contributed by atoms with Crippen LogP contribution in [0.5, 0.6) is 0 Å². The molecule has 1 aliphatic heterocycles. The highest BCUT2D eigenvalue weighted by Crippen LogP contribution is 2.15. The van der Waals surface area contributed by atoms with Gasteiger partial charge in [0.1, 0.15) is 0 Å². The van der Waals surface area contributed by atoms with Crippen LogP contribution in [0.15, 0.2) is 30.3 Å². The van der Waals surface area contributed by atoms with Crippen LogP contribution in [-0.2, 0) is 11.2 Å². The molecule has 2 N–H and O–H groups in total. The maximum atomic E-state index is 12.1. The highest BCUT2D eigenvalue weighted by Gasteiger charge is 2.29. The van der Waals surface area contributed by atoms with Crippen molar-refractivity contribution in [1.29, 1.82) is 0 Å². The molecule has 18 heavy (non-hydrogen) atoms. The third-order valence-electron chi connectivity index (χ3n) is 3.64. The highest BCUT2D eigenvalue weighted by atomic mass is 16.2. The molecular formula is C15H22N2O. The van der Waals surface area contributed by atoms with Gasteiger partial charge >= 0.3 is 0 Å². The Balaban J connectivity index is 1.84. The lowest BCUT2D eigenvalue weighted by Gasteiger charge is -2.19. The van der Waals surface area contributed by atoms with Gasteiger partial charge in [-0.05, 0) is 38.8 Å². The minimum atomic E-state index is 0.128. The third-order valence-corrected chi connectivity index (χ3v) is 3.64. The third kappa shape index (κ3) is 3.33. The second-order valence-electron chi connectivity index (χ2n) is 5.24. The van der Waals surface area contributed by atoms with Crippen LogP contribution in [0.25, 0.3) is 0 Å². The maximum absolute atomic E-state index is 12.1. The van der Waals surface area contributed by atoms with Gasteiger partial charge < -0.3 is 10.6 Å². The van der Waals surface area contributed by atoms with Crippen molar-refractivity contribution in [3.8, 4) is 0 Å². The number of carbonyl (C=O) groups is 1. The van der Waals surface area contributed by atoms with E-state index in [-0.39, 0.29) is 17.9 Å². The Bertz CT molecular complexity index is 391. The molecule has 1 aromatic rings. The second kappa shape index (κ2) is 6.01. The molecule has 0 radical (unpaired) electrons. The highest BCUT2D eigenvalue weighted by molar-refractivity contribution is 5.80. The lowest BCUT2D eigenvalue weighted by atomic mass is 10.00. The molecule has 3 heteroatoms. The SMILES string of the molecule is CC(Cc1ccccc1)NC(=O)C1CCNC1C.